The van der Waals surface area contributed by atoms with Crippen LogP contribution in [0.3, 0.4) is 0 Å². The summed E-state index contributed by atoms with van der Waals surface area (Å²) in [4.78, 5) is 14.4. The molecule has 0 atom stereocenters. The van der Waals surface area contributed by atoms with E-state index in [2.05, 4.69) is 0 Å². The molecule has 0 saturated heterocycles. The van der Waals surface area contributed by atoms with Gasteiger partial charge >= 0.3 is 0 Å². The first-order valence-electron chi connectivity index (χ1n) is 7.31. The van der Waals surface area contributed by atoms with E-state index in [0.29, 0.717) is 6.42 Å². The Morgan fingerprint density at radius 1 is 1.09 bits per heavy atom. The molecule has 0 radical (unpaired) electrons. The first-order chi connectivity index (χ1) is 10.7. The maximum atomic E-state index is 12.6. The van der Waals surface area contributed by atoms with Crippen LogP contribution in [-0.2, 0) is 17.6 Å². The summed E-state index contributed by atoms with van der Waals surface area (Å²) in [6, 6.07) is 13.5. The fraction of sp³-hybridized carbons (Fsp3) is 0.278. The van der Waals surface area contributed by atoms with E-state index in [0.717, 1.165) is 35.7 Å². The van der Waals surface area contributed by atoms with Crippen LogP contribution >= 0.6 is 0 Å². The minimum absolute atomic E-state index is 0.108. The van der Waals surface area contributed by atoms with Gasteiger partial charge in [0.15, 0.2) is 0 Å². The van der Waals surface area contributed by atoms with Crippen LogP contribution in [0.1, 0.15) is 11.1 Å². The Morgan fingerprint density at radius 2 is 1.86 bits per heavy atom. The summed E-state index contributed by atoms with van der Waals surface area (Å²) >= 11 is 0. The second-order valence-electron chi connectivity index (χ2n) is 5.32. The van der Waals surface area contributed by atoms with Crippen LogP contribution in [0.5, 0.6) is 11.5 Å². The van der Waals surface area contributed by atoms with E-state index in [-0.39, 0.29) is 5.91 Å². The highest BCUT2D eigenvalue weighted by atomic mass is 16.5. The van der Waals surface area contributed by atoms with Gasteiger partial charge in [0, 0.05) is 12.2 Å². The van der Waals surface area contributed by atoms with Gasteiger partial charge in [0.05, 0.1) is 20.6 Å². The molecule has 1 aliphatic rings. The Kier molecular flexibility index (Phi) is 4.00. The average Bonchev–Trinajstić information content (AvgIpc) is 2.98. The maximum Gasteiger partial charge on any atom is 0.231 e. The van der Waals surface area contributed by atoms with Crippen LogP contribution in [0, 0.1) is 0 Å². The van der Waals surface area contributed by atoms with Gasteiger partial charge in [0.25, 0.3) is 0 Å². The third kappa shape index (κ3) is 2.77. The number of methoxy groups -OCH3 is 2. The van der Waals surface area contributed by atoms with Gasteiger partial charge in [-0.15, -0.1) is 0 Å². The van der Waals surface area contributed by atoms with Crippen LogP contribution < -0.4 is 14.4 Å². The van der Waals surface area contributed by atoms with Gasteiger partial charge in [-0.1, -0.05) is 12.1 Å². The molecule has 0 spiro atoms. The molecular formula is C18H19NO3. The quantitative estimate of drug-likeness (QED) is 0.871. The van der Waals surface area contributed by atoms with Crippen molar-refractivity contribution in [2.45, 2.75) is 12.8 Å². The van der Waals surface area contributed by atoms with Crippen molar-refractivity contribution in [1.82, 2.24) is 0 Å². The zero-order valence-electron chi connectivity index (χ0n) is 12.8. The number of carbonyl (C=O) groups excluding carboxylic acids is 1. The summed E-state index contributed by atoms with van der Waals surface area (Å²) in [5.74, 6) is 1.72. The number of amides is 1. The van der Waals surface area contributed by atoms with Gasteiger partial charge in [0.1, 0.15) is 11.5 Å². The Labute approximate surface area is 130 Å². The molecule has 4 nitrogen and oxygen atoms in total. The topological polar surface area (TPSA) is 38.8 Å². The highest BCUT2D eigenvalue weighted by Crippen LogP contribution is 2.31. The van der Waals surface area contributed by atoms with E-state index in [1.165, 1.54) is 5.56 Å². The molecule has 114 valence electrons. The van der Waals surface area contributed by atoms with E-state index in [4.69, 9.17) is 9.47 Å². The van der Waals surface area contributed by atoms with Crippen molar-refractivity contribution >= 4 is 11.6 Å². The number of anilines is 1. The molecule has 3 rings (SSSR count). The van der Waals surface area contributed by atoms with Crippen molar-refractivity contribution in [3.8, 4) is 11.5 Å². The summed E-state index contributed by atoms with van der Waals surface area (Å²) in [5.41, 5.74) is 3.12. The van der Waals surface area contributed by atoms with Crippen molar-refractivity contribution in [2.24, 2.45) is 0 Å². The lowest BCUT2D eigenvalue weighted by Crippen LogP contribution is -2.30. The summed E-state index contributed by atoms with van der Waals surface area (Å²) in [7, 11) is 3.29. The molecule has 0 bridgehead atoms. The number of carbonyl (C=O) groups is 1. The van der Waals surface area contributed by atoms with Crippen molar-refractivity contribution in [1.29, 1.82) is 0 Å². The molecule has 1 aliphatic heterocycles. The monoisotopic (exact) mass is 297 g/mol. The van der Waals surface area contributed by atoms with Crippen LogP contribution in [0.4, 0.5) is 5.69 Å². The van der Waals surface area contributed by atoms with Gasteiger partial charge in [-0.3, -0.25) is 4.79 Å². The van der Waals surface area contributed by atoms with Gasteiger partial charge in [0.2, 0.25) is 5.91 Å². The summed E-state index contributed by atoms with van der Waals surface area (Å²) < 4.78 is 10.4. The first kappa shape index (κ1) is 14.4. The third-order valence-corrected chi connectivity index (χ3v) is 3.97. The van der Waals surface area contributed by atoms with Gasteiger partial charge in [-0.2, -0.15) is 0 Å². The van der Waals surface area contributed by atoms with E-state index in [9.17, 15) is 4.79 Å². The Bertz CT molecular complexity index is 696. The molecule has 2 aromatic rings. The Morgan fingerprint density at radius 3 is 2.64 bits per heavy atom. The predicted octanol–water partition coefficient (Wildman–Crippen LogP) is 2.84. The second kappa shape index (κ2) is 6.10. The lowest BCUT2D eigenvalue weighted by Gasteiger charge is -2.18. The molecule has 2 aromatic carbocycles. The smallest absolute Gasteiger partial charge is 0.231 e. The molecule has 4 heteroatoms. The molecule has 0 unspecified atom stereocenters. The molecular weight excluding hydrogens is 278 g/mol. The number of ether oxygens (including phenoxy) is 2. The average molecular weight is 297 g/mol. The number of hydrogen-bond acceptors (Lipinski definition) is 3. The Hall–Kier alpha value is -2.49. The Balaban J connectivity index is 1.77. The lowest BCUT2D eigenvalue weighted by molar-refractivity contribution is -0.117. The van der Waals surface area contributed by atoms with Crippen LogP contribution in [0.15, 0.2) is 42.5 Å². The zero-order chi connectivity index (χ0) is 15.5. The normalized spacial score (nSPS) is 12.9. The minimum Gasteiger partial charge on any atom is -0.497 e. The number of hydrogen-bond donors (Lipinski definition) is 0. The molecule has 1 amide bonds. The first-order valence-corrected chi connectivity index (χ1v) is 7.31. The van der Waals surface area contributed by atoms with Crippen molar-refractivity contribution in [3.63, 3.8) is 0 Å². The maximum absolute atomic E-state index is 12.6. The largest absolute Gasteiger partial charge is 0.497 e. The fourth-order valence-electron chi connectivity index (χ4n) is 2.82. The molecule has 22 heavy (non-hydrogen) atoms. The zero-order valence-corrected chi connectivity index (χ0v) is 12.8. The van der Waals surface area contributed by atoms with Gasteiger partial charge in [-0.25, -0.2) is 0 Å². The number of fused-ring (bicyclic) bond motifs is 1. The molecule has 1 heterocycles. The van der Waals surface area contributed by atoms with Gasteiger partial charge < -0.3 is 14.4 Å². The molecule has 0 fully saturated rings. The van der Waals surface area contributed by atoms with E-state index < -0.39 is 0 Å². The number of benzene rings is 2. The highest BCUT2D eigenvalue weighted by molar-refractivity contribution is 5.96. The fourth-order valence-corrected chi connectivity index (χ4v) is 2.82. The molecule has 0 saturated carbocycles. The van der Waals surface area contributed by atoms with Crippen molar-refractivity contribution in [2.75, 3.05) is 25.7 Å². The summed E-state index contributed by atoms with van der Waals surface area (Å²) in [6.07, 6.45) is 1.25. The minimum atomic E-state index is 0.108. The highest BCUT2D eigenvalue weighted by Gasteiger charge is 2.24. The SMILES string of the molecule is COc1cccc(CC(=O)N2CCc3cc(OC)ccc32)c1. The van der Waals surface area contributed by atoms with E-state index in [1.54, 1.807) is 14.2 Å². The third-order valence-electron chi connectivity index (χ3n) is 3.97. The summed E-state index contributed by atoms with van der Waals surface area (Å²) in [5, 5.41) is 0. The predicted molar refractivity (Wildman–Crippen MR) is 85.7 cm³/mol. The molecule has 0 aromatic heterocycles. The van der Waals surface area contributed by atoms with Crippen molar-refractivity contribution < 1.29 is 14.3 Å². The number of rotatable bonds is 4. The van der Waals surface area contributed by atoms with E-state index >= 15 is 0 Å². The summed E-state index contributed by atoms with van der Waals surface area (Å²) in [6.45, 7) is 0.727. The molecule has 0 aliphatic carbocycles. The molecule has 0 N–H and O–H groups in total. The van der Waals surface area contributed by atoms with Crippen molar-refractivity contribution in [3.05, 3.63) is 53.6 Å². The van der Waals surface area contributed by atoms with E-state index in [1.807, 2.05) is 47.4 Å². The van der Waals surface area contributed by atoms with Crippen LogP contribution in [0.2, 0.25) is 0 Å². The second-order valence-corrected chi connectivity index (χ2v) is 5.32. The van der Waals surface area contributed by atoms with Crippen LogP contribution in [0.25, 0.3) is 0 Å². The van der Waals surface area contributed by atoms with Crippen LogP contribution in [-0.4, -0.2) is 26.7 Å². The van der Waals surface area contributed by atoms with Gasteiger partial charge in [-0.05, 0) is 47.9 Å². The lowest BCUT2D eigenvalue weighted by atomic mass is 10.1. The number of nitrogens with zero attached hydrogens (tertiary/aromatic N) is 1. The standard InChI is InChI=1S/C18H19NO3/c1-21-15-5-3-4-13(10-15)11-18(20)19-9-8-14-12-16(22-2)6-7-17(14)19/h3-7,10,12H,8-9,11H2,1-2H3.